The van der Waals surface area contributed by atoms with E-state index >= 15 is 0 Å². The van der Waals surface area contributed by atoms with Gasteiger partial charge in [0.15, 0.2) is 0 Å². The van der Waals surface area contributed by atoms with Crippen molar-refractivity contribution in [2.75, 3.05) is 12.4 Å². The van der Waals surface area contributed by atoms with Crippen LogP contribution < -0.4 is 5.32 Å². The van der Waals surface area contributed by atoms with Crippen molar-refractivity contribution in [2.24, 2.45) is 0 Å². The zero-order valence-electron chi connectivity index (χ0n) is 9.44. The molecule has 0 bridgehead atoms. The summed E-state index contributed by atoms with van der Waals surface area (Å²) < 4.78 is 5.65. The van der Waals surface area contributed by atoms with Gasteiger partial charge in [0.1, 0.15) is 4.88 Å². The summed E-state index contributed by atoms with van der Waals surface area (Å²) in [5.74, 6) is -0.458. The van der Waals surface area contributed by atoms with E-state index in [1.54, 1.807) is 12.1 Å². The highest BCUT2D eigenvalue weighted by atomic mass is 32.1. The van der Waals surface area contributed by atoms with Crippen molar-refractivity contribution in [1.82, 2.24) is 0 Å². The number of hydrogen-bond acceptors (Lipinski definition) is 4. The number of hydrogen-bond donors (Lipinski definition) is 1. The third kappa shape index (κ3) is 2.45. The minimum absolute atomic E-state index is 0.118. The van der Waals surface area contributed by atoms with Gasteiger partial charge in [0.25, 0.3) is 0 Å². The fourth-order valence-electron chi connectivity index (χ4n) is 1.53. The molecule has 0 unspecified atom stereocenters. The number of rotatable bonds is 2. The summed E-state index contributed by atoms with van der Waals surface area (Å²) in [5, 5.41) is 3.62. The molecule has 88 valence electrons. The van der Waals surface area contributed by atoms with E-state index < -0.39 is 0 Å². The number of carbonyl (C=O) groups excluding carboxylic acids is 2. The minimum Gasteiger partial charge on any atom is -0.465 e. The Balaban J connectivity index is 2.40. The third-order valence-corrected chi connectivity index (χ3v) is 3.32. The van der Waals surface area contributed by atoms with Crippen LogP contribution >= 0.6 is 11.3 Å². The molecule has 1 N–H and O–H groups in total. The van der Waals surface area contributed by atoms with Gasteiger partial charge in [-0.05, 0) is 29.7 Å². The molecule has 0 atom stereocenters. The molecule has 1 amide bonds. The van der Waals surface area contributed by atoms with Crippen LogP contribution in [0.3, 0.4) is 0 Å². The Morgan fingerprint density at radius 1 is 1.29 bits per heavy atom. The van der Waals surface area contributed by atoms with Gasteiger partial charge in [-0.3, -0.25) is 4.79 Å². The third-order valence-electron chi connectivity index (χ3n) is 2.22. The van der Waals surface area contributed by atoms with Crippen molar-refractivity contribution in [1.29, 1.82) is 0 Å². The summed E-state index contributed by atoms with van der Waals surface area (Å²) in [6.45, 7) is 1.46. The van der Waals surface area contributed by atoms with Crippen molar-refractivity contribution in [3.05, 3.63) is 29.1 Å². The minimum atomic E-state index is -0.340. The highest BCUT2D eigenvalue weighted by molar-refractivity contribution is 7.20. The molecule has 5 heteroatoms. The molecule has 0 spiro atoms. The predicted molar refractivity (Wildman–Crippen MR) is 67.5 cm³/mol. The number of anilines is 1. The maximum atomic E-state index is 11.4. The number of thiophene rings is 1. The standard InChI is InChI=1S/C12H11NO3S/c1-7(14)13-9-3-4-10-8(5-9)6-11(17-10)12(15)16-2/h3-6H,1-2H3,(H,13,14). The summed E-state index contributed by atoms with van der Waals surface area (Å²) in [6.07, 6.45) is 0. The molecule has 0 aliphatic carbocycles. The maximum absolute atomic E-state index is 11.4. The van der Waals surface area contributed by atoms with E-state index in [2.05, 4.69) is 10.1 Å². The van der Waals surface area contributed by atoms with Gasteiger partial charge in [0, 0.05) is 17.3 Å². The van der Waals surface area contributed by atoms with Crippen LogP contribution in [0.2, 0.25) is 0 Å². The molecular formula is C12H11NO3S. The molecular weight excluding hydrogens is 238 g/mol. The second kappa shape index (κ2) is 4.55. The first-order valence-corrected chi connectivity index (χ1v) is 5.81. The van der Waals surface area contributed by atoms with Crippen LogP contribution in [0.5, 0.6) is 0 Å². The van der Waals surface area contributed by atoms with Crippen LogP contribution in [0.15, 0.2) is 24.3 Å². The Labute approximate surface area is 102 Å². The topological polar surface area (TPSA) is 55.4 Å². The summed E-state index contributed by atoms with van der Waals surface area (Å²) in [7, 11) is 1.36. The molecule has 0 aliphatic rings. The fraction of sp³-hybridized carbons (Fsp3) is 0.167. The molecule has 2 rings (SSSR count). The van der Waals surface area contributed by atoms with Crippen molar-refractivity contribution >= 4 is 39.0 Å². The van der Waals surface area contributed by atoms with E-state index in [4.69, 9.17) is 0 Å². The van der Waals surface area contributed by atoms with E-state index in [0.717, 1.165) is 15.8 Å². The van der Waals surface area contributed by atoms with Gasteiger partial charge in [-0.2, -0.15) is 0 Å². The molecule has 1 aromatic carbocycles. The smallest absolute Gasteiger partial charge is 0.348 e. The highest BCUT2D eigenvalue weighted by Crippen LogP contribution is 2.28. The van der Waals surface area contributed by atoms with Gasteiger partial charge in [-0.15, -0.1) is 11.3 Å². The van der Waals surface area contributed by atoms with Crippen LogP contribution in [-0.4, -0.2) is 19.0 Å². The monoisotopic (exact) mass is 249 g/mol. The quantitative estimate of drug-likeness (QED) is 0.832. The largest absolute Gasteiger partial charge is 0.465 e. The molecule has 17 heavy (non-hydrogen) atoms. The molecule has 0 aliphatic heterocycles. The number of fused-ring (bicyclic) bond motifs is 1. The SMILES string of the molecule is COC(=O)c1cc2cc(NC(C)=O)ccc2s1. The number of amides is 1. The second-order valence-electron chi connectivity index (χ2n) is 3.54. The van der Waals surface area contributed by atoms with Crippen molar-refractivity contribution in [2.45, 2.75) is 6.92 Å². The lowest BCUT2D eigenvalue weighted by atomic mass is 10.2. The number of methoxy groups -OCH3 is 1. The van der Waals surface area contributed by atoms with Crippen molar-refractivity contribution in [3.8, 4) is 0 Å². The van der Waals surface area contributed by atoms with Crippen LogP contribution in [0.4, 0.5) is 5.69 Å². The first-order valence-electron chi connectivity index (χ1n) is 4.99. The molecule has 1 aromatic heterocycles. The number of esters is 1. The Morgan fingerprint density at radius 2 is 2.06 bits per heavy atom. The number of nitrogens with one attached hydrogen (secondary N) is 1. The highest BCUT2D eigenvalue weighted by Gasteiger charge is 2.10. The Morgan fingerprint density at radius 3 is 2.71 bits per heavy atom. The summed E-state index contributed by atoms with van der Waals surface area (Å²) in [6, 6.07) is 7.27. The first-order chi connectivity index (χ1) is 8.10. The molecule has 0 saturated carbocycles. The molecule has 0 radical (unpaired) electrons. The molecule has 2 aromatic rings. The van der Waals surface area contributed by atoms with Gasteiger partial charge in [0.05, 0.1) is 7.11 Å². The Kier molecular flexibility index (Phi) is 3.10. The van der Waals surface area contributed by atoms with E-state index in [9.17, 15) is 9.59 Å². The second-order valence-corrected chi connectivity index (χ2v) is 4.62. The fourth-order valence-corrected chi connectivity index (χ4v) is 2.49. The summed E-state index contributed by atoms with van der Waals surface area (Å²) >= 11 is 1.37. The van der Waals surface area contributed by atoms with Crippen LogP contribution in [-0.2, 0) is 9.53 Å². The first kappa shape index (κ1) is 11.6. The number of carbonyl (C=O) groups is 2. The lowest BCUT2D eigenvalue weighted by Crippen LogP contribution is -2.05. The van der Waals surface area contributed by atoms with Gasteiger partial charge < -0.3 is 10.1 Å². The van der Waals surface area contributed by atoms with Crippen LogP contribution in [0.1, 0.15) is 16.6 Å². The predicted octanol–water partition coefficient (Wildman–Crippen LogP) is 2.65. The van der Waals surface area contributed by atoms with E-state index in [0.29, 0.717) is 4.88 Å². The average Bonchev–Trinajstić information content (AvgIpc) is 2.70. The Bertz CT molecular complexity index is 588. The van der Waals surface area contributed by atoms with Crippen LogP contribution in [0, 0.1) is 0 Å². The zero-order chi connectivity index (χ0) is 12.4. The van der Waals surface area contributed by atoms with Gasteiger partial charge >= 0.3 is 5.97 Å². The average molecular weight is 249 g/mol. The van der Waals surface area contributed by atoms with Gasteiger partial charge in [0.2, 0.25) is 5.91 Å². The maximum Gasteiger partial charge on any atom is 0.348 e. The van der Waals surface area contributed by atoms with Crippen molar-refractivity contribution in [3.63, 3.8) is 0 Å². The lowest BCUT2D eigenvalue weighted by Gasteiger charge is -2.00. The van der Waals surface area contributed by atoms with E-state index in [1.165, 1.54) is 25.4 Å². The molecule has 0 fully saturated rings. The number of ether oxygens (including phenoxy) is 1. The lowest BCUT2D eigenvalue weighted by molar-refractivity contribution is -0.114. The summed E-state index contributed by atoms with van der Waals surface area (Å²) in [4.78, 5) is 22.8. The molecule has 4 nitrogen and oxygen atoms in total. The number of benzene rings is 1. The van der Waals surface area contributed by atoms with Crippen LogP contribution in [0.25, 0.3) is 10.1 Å². The van der Waals surface area contributed by atoms with Crippen molar-refractivity contribution < 1.29 is 14.3 Å². The molecule has 1 heterocycles. The normalized spacial score (nSPS) is 10.2. The van der Waals surface area contributed by atoms with E-state index in [1.807, 2.05) is 12.1 Å². The van der Waals surface area contributed by atoms with Gasteiger partial charge in [-0.1, -0.05) is 0 Å². The summed E-state index contributed by atoms with van der Waals surface area (Å²) in [5.41, 5.74) is 0.721. The Hall–Kier alpha value is -1.88. The zero-order valence-corrected chi connectivity index (χ0v) is 10.3. The van der Waals surface area contributed by atoms with E-state index in [-0.39, 0.29) is 11.9 Å². The molecule has 0 saturated heterocycles. The van der Waals surface area contributed by atoms with Gasteiger partial charge in [-0.25, -0.2) is 4.79 Å².